The molecule has 6 heteroatoms. The lowest BCUT2D eigenvalue weighted by Gasteiger charge is -2.19. The molecule has 5 rings (SSSR count). The molecule has 0 amide bonds. The lowest BCUT2D eigenvalue weighted by molar-refractivity contribution is -0.153. The number of ether oxygens (including phenoxy) is 2. The topological polar surface area (TPSA) is 81.5 Å². The fourth-order valence-corrected chi connectivity index (χ4v) is 4.06. The number of furan rings is 1. The van der Waals surface area contributed by atoms with Crippen LogP contribution in [0.4, 0.5) is 0 Å². The van der Waals surface area contributed by atoms with Gasteiger partial charge in [0.2, 0.25) is 5.78 Å². The van der Waals surface area contributed by atoms with Crippen LogP contribution in [0.2, 0.25) is 0 Å². The number of nitrogens with one attached hydrogen (secondary N) is 1. The number of aromatic nitrogens is 1. The number of carbonyl (C=O) groups excluding carboxylic acids is 2. The predicted molar refractivity (Wildman–Crippen MR) is 138 cm³/mol. The maximum absolute atomic E-state index is 13.2. The fourth-order valence-electron chi connectivity index (χ4n) is 4.06. The van der Waals surface area contributed by atoms with E-state index in [1.54, 1.807) is 18.2 Å². The molecule has 182 valence electrons. The Morgan fingerprint density at radius 3 is 2.44 bits per heavy atom. The fraction of sp³-hybridized carbons (Fsp3) is 0.200. The van der Waals surface area contributed by atoms with Crippen molar-refractivity contribution in [3.05, 3.63) is 101 Å². The molecule has 5 aromatic rings. The van der Waals surface area contributed by atoms with Crippen LogP contribution < -0.4 is 4.74 Å². The van der Waals surface area contributed by atoms with Crippen molar-refractivity contribution in [2.24, 2.45) is 0 Å². The van der Waals surface area contributed by atoms with Crippen LogP contribution in [0.1, 0.15) is 48.1 Å². The Labute approximate surface area is 208 Å². The molecule has 0 bridgehead atoms. The second-order valence-electron chi connectivity index (χ2n) is 9.78. The van der Waals surface area contributed by atoms with Crippen LogP contribution in [0.3, 0.4) is 0 Å². The molecule has 2 aromatic heterocycles. The molecule has 3 aromatic carbocycles. The lowest BCUT2D eigenvalue weighted by Crippen LogP contribution is -2.24. The zero-order valence-corrected chi connectivity index (χ0v) is 20.5. The SMILES string of the molecule is CC(C)(C)OC(=O)Cc1ccc2[nH]c(C(=O)c3cc4cc(OCc5ccccc5)ccc4o3)cc2c1. The summed E-state index contributed by atoms with van der Waals surface area (Å²) < 4.78 is 17.1. The summed E-state index contributed by atoms with van der Waals surface area (Å²) in [5, 5.41) is 1.63. The number of hydrogen-bond acceptors (Lipinski definition) is 5. The average Bonchev–Trinajstić information content (AvgIpc) is 3.45. The number of carbonyl (C=O) groups is 2. The third kappa shape index (κ3) is 5.33. The van der Waals surface area contributed by atoms with Gasteiger partial charge in [-0.1, -0.05) is 36.4 Å². The zero-order valence-electron chi connectivity index (χ0n) is 20.5. The molecule has 6 nitrogen and oxygen atoms in total. The number of H-pyrrole nitrogens is 1. The molecular formula is C30H27NO5. The van der Waals surface area contributed by atoms with E-state index in [2.05, 4.69) is 4.98 Å². The Hall–Kier alpha value is -4.32. The zero-order chi connectivity index (χ0) is 25.3. The summed E-state index contributed by atoms with van der Waals surface area (Å²) in [5.41, 5.74) is 3.20. The van der Waals surface area contributed by atoms with Gasteiger partial charge < -0.3 is 18.9 Å². The second kappa shape index (κ2) is 9.38. The van der Waals surface area contributed by atoms with Crippen LogP contribution in [-0.2, 0) is 22.6 Å². The molecular weight excluding hydrogens is 454 g/mol. The summed E-state index contributed by atoms with van der Waals surface area (Å²) in [7, 11) is 0. The van der Waals surface area contributed by atoms with Crippen molar-refractivity contribution in [3.8, 4) is 5.75 Å². The Kier molecular flexibility index (Phi) is 6.10. The van der Waals surface area contributed by atoms with Crippen LogP contribution in [0.5, 0.6) is 5.75 Å². The Morgan fingerprint density at radius 2 is 1.67 bits per heavy atom. The smallest absolute Gasteiger partial charge is 0.310 e. The Balaban J connectivity index is 1.32. The van der Waals surface area contributed by atoms with Crippen molar-refractivity contribution < 1.29 is 23.5 Å². The molecule has 0 aliphatic carbocycles. The van der Waals surface area contributed by atoms with E-state index in [0.29, 0.717) is 23.6 Å². The standard InChI is InChI=1S/C30H27NO5/c1-30(2,3)36-28(32)14-20-9-11-24-21(13-20)16-25(31-24)29(33)27-17-22-15-23(10-12-26(22)35-27)34-18-19-7-5-4-6-8-19/h4-13,15-17,31H,14,18H2,1-3H3. The van der Waals surface area contributed by atoms with Gasteiger partial charge in [-0.25, -0.2) is 0 Å². The highest BCUT2D eigenvalue weighted by Gasteiger charge is 2.19. The van der Waals surface area contributed by atoms with E-state index in [9.17, 15) is 9.59 Å². The van der Waals surface area contributed by atoms with Crippen molar-refractivity contribution in [1.29, 1.82) is 0 Å². The molecule has 0 aliphatic rings. The van der Waals surface area contributed by atoms with Crippen LogP contribution >= 0.6 is 0 Å². The maximum Gasteiger partial charge on any atom is 0.310 e. The Bertz CT molecular complexity index is 1550. The quantitative estimate of drug-likeness (QED) is 0.209. The van der Waals surface area contributed by atoms with Crippen LogP contribution in [0.25, 0.3) is 21.9 Å². The first-order valence-electron chi connectivity index (χ1n) is 11.8. The normalized spacial score (nSPS) is 11.6. The summed E-state index contributed by atoms with van der Waals surface area (Å²) >= 11 is 0. The van der Waals surface area contributed by atoms with Crippen molar-refractivity contribution in [1.82, 2.24) is 4.98 Å². The molecule has 0 unspecified atom stereocenters. The second-order valence-corrected chi connectivity index (χ2v) is 9.78. The van der Waals surface area contributed by atoms with E-state index in [4.69, 9.17) is 13.9 Å². The molecule has 2 heterocycles. The average molecular weight is 482 g/mol. The van der Waals surface area contributed by atoms with Crippen LogP contribution in [0, 0.1) is 0 Å². The van der Waals surface area contributed by atoms with Gasteiger partial charge in [0.15, 0.2) is 5.76 Å². The number of hydrogen-bond donors (Lipinski definition) is 1. The van der Waals surface area contributed by atoms with Gasteiger partial charge in [0.25, 0.3) is 0 Å². The number of ketones is 1. The summed E-state index contributed by atoms with van der Waals surface area (Å²) in [6, 6.07) is 24.5. The van der Waals surface area contributed by atoms with Gasteiger partial charge in [0, 0.05) is 16.3 Å². The predicted octanol–water partition coefficient (Wildman–Crippen LogP) is 6.61. The number of aromatic amines is 1. The summed E-state index contributed by atoms with van der Waals surface area (Å²) in [4.78, 5) is 28.5. The van der Waals surface area contributed by atoms with Gasteiger partial charge in [-0.3, -0.25) is 9.59 Å². The first-order valence-corrected chi connectivity index (χ1v) is 11.8. The summed E-state index contributed by atoms with van der Waals surface area (Å²) in [6.07, 6.45) is 0.167. The minimum Gasteiger partial charge on any atom is -0.489 e. The molecule has 0 atom stereocenters. The van der Waals surface area contributed by atoms with Gasteiger partial charge in [-0.05, 0) is 74.4 Å². The van der Waals surface area contributed by atoms with E-state index in [1.807, 2.05) is 81.4 Å². The van der Waals surface area contributed by atoms with Gasteiger partial charge in [-0.2, -0.15) is 0 Å². The first-order chi connectivity index (χ1) is 17.2. The third-order valence-electron chi connectivity index (χ3n) is 5.66. The highest BCUT2D eigenvalue weighted by atomic mass is 16.6. The number of benzene rings is 3. The monoisotopic (exact) mass is 481 g/mol. The van der Waals surface area contributed by atoms with Gasteiger partial charge in [-0.15, -0.1) is 0 Å². The van der Waals surface area contributed by atoms with E-state index in [0.717, 1.165) is 27.4 Å². The highest BCUT2D eigenvalue weighted by molar-refractivity contribution is 6.10. The molecule has 36 heavy (non-hydrogen) atoms. The highest BCUT2D eigenvalue weighted by Crippen LogP contribution is 2.27. The van der Waals surface area contributed by atoms with Gasteiger partial charge >= 0.3 is 5.97 Å². The van der Waals surface area contributed by atoms with Gasteiger partial charge in [0.05, 0.1) is 12.1 Å². The molecule has 0 spiro atoms. The van der Waals surface area contributed by atoms with Gasteiger partial charge in [0.1, 0.15) is 23.5 Å². The molecule has 0 saturated heterocycles. The summed E-state index contributed by atoms with van der Waals surface area (Å²) in [5.74, 6) is 0.408. The van der Waals surface area contributed by atoms with E-state index in [1.165, 1.54) is 0 Å². The molecule has 0 fully saturated rings. The minimum atomic E-state index is -0.532. The molecule has 0 aliphatic heterocycles. The number of fused-ring (bicyclic) bond motifs is 2. The molecule has 1 N–H and O–H groups in total. The maximum atomic E-state index is 13.2. The van der Waals surface area contributed by atoms with Crippen LogP contribution in [-0.4, -0.2) is 22.3 Å². The van der Waals surface area contributed by atoms with Crippen molar-refractivity contribution in [2.75, 3.05) is 0 Å². The van der Waals surface area contributed by atoms with E-state index in [-0.39, 0.29) is 23.9 Å². The Morgan fingerprint density at radius 1 is 0.861 bits per heavy atom. The summed E-state index contributed by atoms with van der Waals surface area (Å²) in [6.45, 7) is 5.99. The van der Waals surface area contributed by atoms with Crippen molar-refractivity contribution >= 4 is 33.6 Å². The number of rotatable bonds is 7. The van der Waals surface area contributed by atoms with Crippen molar-refractivity contribution in [2.45, 2.75) is 39.4 Å². The molecule has 0 saturated carbocycles. The largest absolute Gasteiger partial charge is 0.489 e. The van der Waals surface area contributed by atoms with Crippen molar-refractivity contribution in [3.63, 3.8) is 0 Å². The third-order valence-corrected chi connectivity index (χ3v) is 5.66. The molecule has 0 radical (unpaired) electrons. The number of esters is 1. The van der Waals surface area contributed by atoms with E-state index < -0.39 is 5.60 Å². The first kappa shape index (κ1) is 23.4. The lowest BCUT2D eigenvalue weighted by atomic mass is 10.1. The van der Waals surface area contributed by atoms with E-state index >= 15 is 0 Å². The minimum absolute atomic E-state index is 0.167. The van der Waals surface area contributed by atoms with Crippen LogP contribution in [0.15, 0.2) is 83.3 Å².